The van der Waals surface area contributed by atoms with E-state index >= 15 is 0 Å². The molecule has 0 N–H and O–H groups in total. The van der Waals surface area contributed by atoms with Gasteiger partial charge in [-0.25, -0.2) is 4.74 Å². The predicted octanol–water partition coefficient (Wildman–Crippen LogP) is 4.65. The fraction of sp³-hybridized carbons (Fsp3) is 0.938. The maximum atomic E-state index is 12.4. The molecule has 0 bridgehead atoms. The van der Waals surface area contributed by atoms with Gasteiger partial charge < -0.3 is 5.21 Å². The van der Waals surface area contributed by atoms with Crippen molar-refractivity contribution in [1.82, 2.24) is 0 Å². The molecule has 0 amide bonds. The maximum absolute atomic E-state index is 12.4. The number of hydroxylamine groups is 1. The van der Waals surface area contributed by atoms with Gasteiger partial charge in [-0.15, -0.1) is 0 Å². The van der Waals surface area contributed by atoms with E-state index in [-0.39, 0.29) is 6.04 Å². The van der Waals surface area contributed by atoms with Crippen LogP contribution in [0.4, 0.5) is 0 Å². The standard InChI is InChI=1S/C16H29NO/c1-14(13-15-9-5-4-6-10-15)17(18)16-11-7-2-3-8-12-16/h15-16H,2-13H2,1H3/b17-14-. The highest BCUT2D eigenvalue weighted by molar-refractivity contribution is 5.77. The first-order chi connectivity index (χ1) is 8.77. The molecule has 0 unspecified atom stereocenters. The van der Waals surface area contributed by atoms with Gasteiger partial charge in [0.15, 0.2) is 11.8 Å². The monoisotopic (exact) mass is 251 g/mol. The first kappa shape index (κ1) is 13.9. The summed E-state index contributed by atoms with van der Waals surface area (Å²) in [5.74, 6) is 0.793. The lowest BCUT2D eigenvalue weighted by Gasteiger charge is -2.23. The van der Waals surface area contributed by atoms with Crippen LogP contribution in [0.2, 0.25) is 0 Å². The Labute approximate surface area is 112 Å². The van der Waals surface area contributed by atoms with Crippen LogP contribution in [0, 0.1) is 11.1 Å². The van der Waals surface area contributed by atoms with Gasteiger partial charge >= 0.3 is 0 Å². The zero-order chi connectivity index (χ0) is 12.8. The summed E-state index contributed by atoms with van der Waals surface area (Å²) in [5, 5.41) is 12.4. The van der Waals surface area contributed by atoms with Gasteiger partial charge in [0, 0.05) is 26.2 Å². The number of hydrogen-bond donors (Lipinski definition) is 0. The Bertz CT molecular complexity index is 271. The smallest absolute Gasteiger partial charge is 0.163 e. The molecule has 0 atom stereocenters. The molecular formula is C16H29NO. The minimum Gasteiger partial charge on any atom is -0.624 e. The van der Waals surface area contributed by atoms with Gasteiger partial charge in [0.05, 0.1) is 0 Å². The van der Waals surface area contributed by atoms with Crippen LogP contribution < -0.4 is 0 Å². The average molecular weight is 251 g/mol. The van der Waals surface area contributed by atoms with Crippen molar-refractivity contribution in [2.24, 2.45) is 5.92 Å². The van der Waals surface area contributed by atoms with Crippen LogP contribution in [-0.4, -0.2) is 16.5 Å². The summed E-state index contributed by atoms with van der Waals surface area (Å²) in [6.07, 6.45) is 15.3. The molecule has 0 aromatic carbocycles. The highest BCUT2D eigenvalue weighted by Gasteiger charge is 2.22. The zero-order valence-corrected chi connectivity index (χ0v) is 12.0. The second-order valence-electron chi connectivity index (χ2n) is 6.41. The summed E-state index contributed by atoms with van der Waals surface area (Å²) in [7, 11) is 0. The molecule has 2 nitrogen and oxygen atoms in total. The molecule has 2 rings (SSSR count). The van der Waals surface area contributed by atoms with Crippen molar-refractivity contribution in [3.8, 4) is 0 Å². The summed E-state index contributed by atoms with van der Waals surface area (Å²) in [6.45, 7) is 2.08. The van der Waals surface area contributed by atoms with Crippen molar-refractivity contribution >= 4 is 5.71 Å². The number of nitrogens with zero attached hydrogens (tertiary/aromatic N) is 1. The van der Waals surface area contributed by atoms with Crippen molar-refractivity contribution < 1.29 is 4.74 Å². The van der Waals surface area contributed by atoms with E-state index in [2.05, 4.69) is 6.92 Å². The normalized spacial score (nSPS) is 25.6. The first-order valence-corrected chi connectivity index (χ1v) is 8.06. The summed E-state index contributed by atoms with van der Waals surface area (Å²) >= 11 is 0. The van der Waals surface area contributed by atoms with E-state index in [4.69, 9.17) is 0 Å². The third-order valence-corrected chi connectivity index (χ3v) is 4.84. The van der Waals surface area contributed by atoms with Crippen LogP contribution in [0.3, 0.4) is 0 Å². The largest absolute Gasteiger partial charge is 0.624 e. The van der Waals surface area contributed by atoms with Gasteiger partial charge in [-0.3, -0.25) is 0 Å². The maximum Gasteiger partial charge on any atom is 0.163 e. The second kappa shape index (κ2) is 7.16. The molecule has 2 aliphatic rings. The summed E-state index contributed by atoms with van der Waals surface area (Å²) in [4.78, 5) is 0. The Kier molecular flexibility index (Phi) is 5.52. The van der Waals surface area contributed by atoms with Crippen LogP contribution in [0.5, 0.6) is 0 Å². The summed E-state index contributed by atoms with van der Waals surface area (Å²) in [5.41, 5.74) is 1.11. The van der Waals surface area contributed by atoms with E-state index in [0.29, 0.717) is 0 Å². The second-order valence-corrected chi connectivity index (χ2v) is 6.41. The van der Waals surface area contributed by atoms with Gasteiger partial charge in [-0.2, -0.15) is 0 Å². The molecule has 2 heteroatoms. The Morgan fingerprint density at radius 2 is 1.39 bits per heavy atom. The SMILES string of the molecule is C/C(CC1CCCCC1)=[N+](/[O-])C1CCCCCC1. The van der Waals surface area contributed by atoms with Crippen LogP contribution in [0.15, 0.2) is 0 Å². The van der Waals surface area contributed by atoms with Crippen LogP contribution >= 0.6 is 0 Å². The Hall–Kier alpha value is -0.530. The van der Waals surface area contributed by atoms with E-state index < -0.39 is 0 Å². The summed E-state index contributed by atoms with van der Waals surface area (Å²) in [6, 6.07) is 0.288. The van der Waals surface area contributed by atoms with Gasteiger partial charge in [0.25, 0.3) is 0 Å². The fourth-order valence-corrected chi connectivity index (χ4v) is 3.70. The molecule has 18 heavy (non-hydrogen) atoms. The van der Waals surface area contributed by atoms with E-state index in [0.717, 1.165) is 30.9 Å². The Morgan fingerprint density at radius 3 is 2.00 bits per heavy atom. The lowest BCUT2D eigenvalue weighted by atomic mass is 9.86. The summed E-state index contributed by atoms with van der Waals surface area (Å²) < 4.78 is 1.39. The molecule has 2 aliphatic carbocycles. The molecule has 104 valence electrons. The predicted molar refractivity (Wildman–Crippen MR) is 77.0 cm³/mol. The minimum absolute atomic E-state index is 0.288. The zero-order valence-electron chi connectivity index (χ0n) is 12.0. The van der Waals surface area contributed by atoms with Crippen LogP contribution in [0.1, 0.15) is 84.0 Å². The molecule has 0 aromatic rings. The molecular weight excluding hydrogens is 222 g/mol. The molecule has 2 fully saturated rings. The molecule has 0 spiro atoms. The average Bonchev–Trinajstić information content (AvgIpc) is 2.68. The number of rotatable bonds is 3. The van der Waals surface area contributed by atoms with E-state index in [9.17, 15) is 5.21 Å². The lowest BCUT2D eigenvalue weighted by Crippen LogP contribution is -2.27. The van der Waals surface area contributed by atoms with Gasteiger partial charge in [0.1, 0.15) is 0 Å². The van der Waals surface area contributed by atoms with Gasteiger partial charge in [-0.1, -0.05) is 32.1 Å². The van der Waals surface area contributed by atoms with Crippen molar-refractivity contribution in [3.63, 3.8) is 0 Å². The quantitative estimate of drug-likeness (QED) is 0.236. The van der Waals surface area contributed by atoms with Crippen molar-refractivity contribution in [1.29, 1.82) is 0 Å². The topological polar surface area (TPSA) is 26.1 Å². The Balaban J connectivity index is 1.90. The molecule has 0 aliphatic heterocycles. The van der Waals surface area contributed by atoms with Crippen molar-refractivity contribution in [3.05, 3.63) is 5.21 Å². The molecule has 0 radical (unpaired) electrons. The lowest BCUT2D eigenvalue weighted by molar-refractivity contribution is -0.505. The fourth-order valence-electron chi connectivity index (χ4n) is 3.70. The first-order valence-electron chi connectivity index (χ1n) is 8.06. The van der Waals surface area contributed by atoms with Crippen molar-refractivity contribution in [2.75, 3.05) is 0 Å². The van der Waals surface area contributed by atoms with E-state index in [1.165, 1.54) is 62.5 Å². The third-order valence-electron chi connectivity index (χ3n) is 4.84. The Morgan fingerprint density at radius 1 is 0.889 bits per heavy atom. The highest BCUT2D eigenvalue weighted by Crippen LogP contribution is 2.27. The van der Waals surface area contributed by atoms with Gasteiger partial charge in [-0.05, 0) is 31.6 Å². The van der Waals surface area contributed by atoms with Crippen LogP contribution in [0.25, 0.3) is 0 Å². The molecule has 2 saturated carbocycles. The number of hydrogen-bond acceptors (Lipinski definition) is 1. The van der Waals surface area contributed by atoms with Gasteiger partial charge in [0.2, 0.25) is 0 Å². The third kappa shape index (κ3) is 4.00. The molecule has 0 heterocycles. The molecule has 0 saturated heterocycles. The van der Waals surface area contributed by atoms with E-state index in [1.807, 2.05) is 0 Å². The molecule has 0 aromatic heterocycles. The van der Waals surface area contributed by atoms with Crippen molar-refractivity contribution in [2.45, 2.75) is 90.0 Å². The highest BCUT2D eigenvalue weighted by atomic mass is 16.5. The van der Waals surface area contributed by atoms with E-state index in [1.54, 1.807) is 0 Å². The minimum atomic E-state index is 0.288. The van der Waals surface area contributed by atoms with Crippen LogP contribution in [-0.2, 0) is 0 Å².